The number of hydrogen-bond donors (Lipinski definition) is 3. The summed E-state index contributed by atoms with van der Waals surface area (Å²) in [7, 11) is 0. The van der Waals surface area contributed by atoms with Crippen molar-refractivity contribution in [2.45, 2.75) is 25.6 Å². The van der Waals surface area contributed by atoms with Crippen molar-refractivity contribution in [3.05, 3.63) is 34.9 Å². The quantitative estimate of drug-likeness (QED) is 0.587. The molecule has 2 atom stereocenters. The Morgan fingerprint density at radius 1 is 1.32 bits per heavy atom. The van der Waals surface area contributed by atoms with Gasteiger partial charge in [0.25, 0.3) is 0 Å². The van der Waals surface area contributed by atoms with E-state index in [4.69, 9.17) is 21.4 Å². The van der Waals surface area contributed by atoms with Gasteiger partial charge in [-0.05, 0) is 24.6 Å². The number of halogens is 1. The summed E-state index contributed by atoms with van der Waals surface area (Å²) in [5.41, 5.74) is 1.04. The molecule has 0 aromatic heterocycles. The Balaban J connectivity index is 2.22. The predicted molar refractivity (Wildman–Crippen MR) is 75.2 cm³/mol. The summed E-state index contributed by atoms with van der Waals surface area (Å²) in [5.74, 6) is 0. The number of ether oxygens (including phenoxy) is 1. The van der Waals surface area contributed by atoms with E-state index in [0.717, 1.165) is 18.5 Å². The summed E-state index contributed by atoms with van der Waals surface area (Å²) in [4.78, 5) is 0. The average molecular weight is 289 g/mol. The van der Waals surface area contributed by atoms with Crippen LogP contribution in [0.25, 0.3) is 0 Å². The number of hydrogen-bond acceptors (Lipinski definition) is 3. The van der Waals surface area contributed by atoms with Crippen LogP contribution in [0.3, 0.4) is 0 Å². The smallest absolute Gasteiger partial charge is 0.126 e. The molecule has 19 heavy (non-hydrogen) atoms. The second kappa shape index (κ2) is 9.28. The van der Waals surface area contributed by atoms with Gasteiger partial charge in [0.05, 0.1) is 19.3 Å². The van der Waals surface area contributed by atoms with Gasteiger partial charge in [-0.15, -0.1) is 0 Å². The minimum absolute atomic E-state index is 0.0654. The maximum absolute atomic E-state index is 9.75. The third-order valence-electron chi connectivity index (χ3n) is 2.88. The zero-order valence-corrected chi connectivity index (χ0v) is 12.0. The first kappa shape index (κ1) is 16.4. The number of nitrogens with two attached hydrogens (primary N) is 1. The lowest BCUT2D eigenvalue weighted by atomic mass is 10.1. The van der Waals surface area contributed by atoms with Gasteiger partial charge in [-0.1, -0.05) is 23.7 Å². The van der Waals surface area contributed by atoms with E-state index >= 15 is 0 Å². The van der Waals surface area contributed by atoms with Crippen molar-refractivity contribution in [2.24, 2.45) is 0 Å². The fourth-order valence-corrected chi connectivity index (χ4v) is 1.83. The largest absolute Gasteiger partial charge is 0.396 e. The van der Waals surface area contributed by atoms with Gasteiger partial charge in [-0.25, -0.2) is 0 Å². The van der Waals surface area contributed by atoms with Crippen molar-refractivity contribution in [3.8, 4) is 0 Å². The van der Waals surface area contributed by atoms with Gasteiger partial charge >= 0.3 is 0 Å². The van der Waals surface area contributed by atoms with Crippen LogP contribution in [0.5, 0.6) is 0 Å². The maximum atomic E-state index is 9.75. The highest BCUT2D eigenvalue weighted by atomic mass is 35.5. The molecule has 108 valence electrons. The second-order valence-electron chi connectivity index (χ2n) is 4.57. The van der Waals surface area contributed by atoms with Crippen LogP contribution in [0, 0.1) is 0 Å². The van der Waals surface area contributed by atoms with E-state index in [9.17, 15) is 5.11 Å². The van der Waals surface area contributed by atoms with E-state index in [1.165, 1.54) is 0 Å². The molecular formula is C14H23ClNO3+. The van der Waals surface area contributed by atoms with Gasteiger partial charge < -0.3 is 20.3 Å². The molecule has 5 heteroatoms. The zero-order valence-electron chi connectivity index (χ0n) is 11.3. The molecule has 0 saturated carbocycles. The van der Waals surface area contributed by atoms with Gasteiger partial charge in [0.1, 0.15) is 12.6 Å². The van der Waals surface area contributed by atoms with Crippen LogP contribution >= 0.6 is 11.6 Å². The van der Waals surface area contributed by atoms with E-state index in [-0.39, 0.29) is 12.7 Å². The summed E-state index contributed by atoms with van der Waals surface area (Å²) in [5, 5.41) is 21.1. The first-order valence-electron chi connectivity index (χ1n) is 6.61. The Morgan fingerprint density at radius 2 is 2.00 bits per heavy atom. The zero-order chi connectivity index (χ0) is 14.1. The van der Waals surface area contributed by atoms with Gasteiger partial charge in [-0.2, -0.15) is 0 Å². The lowest BCUT2D eigenvalue weighted by Gasteiger charge is -2.16. The molecule has 0 unspecified atom stereocenters. The Hall–Kier alpha value is -0.650. The minimum Gasteiger partial charge on any atom is -0.396 e. The average Bonchev–Trinajstić information content (AvgIpc) is 2.42. The Kier molecular flexibility index (Phi) is 8.02. The lowest BCUT2D eigenvalue weighted by molar-refractivity contribution is -0.661. The molecule has 0 saturated heterocycles. The fraction of sp³-hybridized carbons (Fsp3) is 0.571. The summed E-state index contributed by atoms with van der Waals surface area (Å²) in [6.07, 6.45) is 0.187. The maximum Gasteiger partial charge on any atom is 0.126 e. The SMILES string of the molecule is C[C@@H](OC[C@H](O)C[NH2+]CCCO)c1ccc(Cl)cc1. The second-order valence-corrected chi connectivity index (χ2v) is 5.01. The highest BCUT2D eigenvalue weighted by molar-refractivity contribution is 6.30. The first-order valence-corrected chi connectivity index (χ1v) is 6.99. The molecule has 0 amide bonds. The van der Waals surface area contributed by atoms with Crippen LogP contribution in [-0.2, 0) is 4.74 Å². The van der Waals surface area contributed by atoms with E-state index in [2.05, 4.69) is 0 Å². The summed E-state index contributed by atoms with van der Waals surface area (Å²) in [6, 6.07) is 7.51. The lowest BCUT2D eigenvalue weighted by Crippen LogP contribution is -2.86. The third-order valence-corrected chi connectivity index (χ3v) is 3.14. The highest BCUT2D eigenvalue weighted by Crippen LogP contribution is 2.19. The molecule has 4 nitrogen and oxygen atoms in total. The van der Waals surface area contributed by atoms with Crippen LogP contribution in [0.2, 0.25) is 5.02 Å². The molecule has 0 aliphatic rings. The number of aliphatic hydroxyl groups excluding tert-OH is 2. The minimum atomic E-state index is -0.492. The first-order chi connectivity index (χ1) is 9.13. The molecule has 1 rings (SSSR count). The molecule has 1 aromatic carbocycles. The van der Waals surface area contributed by atoms with Crippen molar-refractivity contribution < 1.29 is 20.3 Å². The molecule has 0 fully saturated rings. The molecule has 0 heterocycles. The molecule has 0 bridgehead atoms. The van der Waals surface area contributed by atoms with Crippen molar-refractivity contribution in [3.63, 3.8) is 0 Å². The molecule has 0 aliphatic heterocycles. The Labute approximate surface area is 119 Å². The van der Waals surface area contributed by atoms with Gasteiger partial charge in [-0.3, -0.25) is 0 Å². The topological polar surface area (TPSA) is 66.3 Å². The van der Waals surface area contributed by atoms with E-state index in [1.54, 1.807) is 0 Å². The van der Waals surface area contributed by atoms with Crippen molar-refractivity contribution in [2.75, 3.05) is 26.3 Å². The molecular weight excluding hydrogens is 266 g/mol. The Morgan fingerprint density at radius 3 is 2.63 bits per heavy atom. The summed E-state index contributed by atoms with van der Waals surface area (Å²) < 4.78 is 5.62. The van der Waals surface area contributed by atoms with Crippen molar-refractivity contribution >= 4 is 11.6 Å². The Bertz CT molecular complexity index is 345. The monoisotopic (exact) mass is 288 g/mol. The van der Waals surface area contributed by atoms with Crippen LogP contribution in [0.1, 0.15) is 25.0 Å². The standard InChI is InChI=1S/C14H22ClNO3/c1-11(12-3-5-13(15)6-4-12)19-10-14(18)9-16-7-2-8-17/h3-6,11,14,16-18H,2,7-10H2,1H3/p+1/t11-,14-/m1/s1. The van der Waals surface area contributed by atoms with Crippen molar-refractivity contribution in [1.82, 2.24) is 0 Å². The number of aliphatic hydroxyl groups is 2. The summed E-state index contributed by atoms with van der Waals surface area (Å²) in [6.45, 7) is 3.86. The van der Waals surface area contributed by atoms with Crippen LogP contribution < -0.4 is 5.32 Å². The third kappa shape index (κ3) is 6.89. The molecule has 0 aliphatic carbocycles. The van der Waals surface area contributed by atoms with Crippen LogP contribution in [0.4, 0.5) is 0 Å². The van der Waals surface area contributed by atoms with Gasteiger partial charge in [0.2, 0.25) is 0 Å². The van der Waals surface area contributed by atoms with E-state index in [0.29, 0.717) is 18.2 Å². The molecule has 1 aromatic rings. The highest BCUT2D eigenvalue weighted by Gasteiger charge is 2.11. The number of quaternary nitrogens is 1. The van der Waals surface area contributed by atoms with Crippen LogP contribution in [0.15, 0.2) is 24.3 Å². The fourth-order valence-electron chi connectivity index (χ4n) is 1.70. The molecule has 4 N–H and O–H groups in total. The number of benzene rings is 1. The van der Waals surface area contributed by atoms with E-state index < -0.39 is 6.10 Å². The normalized spacial score (nSPS) is 14.3. The number of rotatable bonds is 9. The van der Waals surface area contributed by atoms with E-state index in [1.807, 2.05) is 36.5 Å². The molecule has 0 spiro atoms. The van der Waals surface area contributed by atoms with Gasteiger partial charge in [0.15, 0.2) is 0 Å². The summed E-state index contributed by atoms with van der Waals surface area (Å²) >= 11 is 5.82. The van der Waals surface area contributed by atoms with Crippen molar-refractivity contribution in [1.29, 1.82) is 0 Å². The van der Waals surface area contributed by atoms with Gasteiger partial charge in [0, 0.05) is 18.1 Å². The van der Waals surface area contributed by atoms with Crippen LogP contribution in [-0.4, -0.2) is 42.6 Å². The molecule has 0 radical (unpaired) electrons. The predicted octanol–water partition coefficient (Wildman–Crippen LogP) is 0.724.